The van der Waals surface area contributed by atoms with Crippen LogP contribution in [0.2, 0.25) is 0 Å². The van der Waals surface area contributed by atoms with Gasteiger partial charge >= 0.3 is 5.97 Å². The van der Waals surface area contributed by atoms with Gasteiger partial charge in [0.2, 0.25) is 6.79 Å². The minimum absolute atomic E-state index is 0.204. The maximum Gasteiger partial charge on any atom is 0.314 e. The zero-order valence-corrected chi connectivity index (χ0v) is 12.6. The second-order valence-corrected chi connectivity index (χ2v) is 6.36. The Hall–Kier alpha value is -1.71. The molecule has 1 heterocycles. The van der Waals surface area contributed by atoms with E-state index in [1.54, 1.807) is 0 Å². The summed E-state index contributed by atoms with van der Waals surface area (Å²) in [5, 5.41) is 9.92. The monoisotopic (exact) mass is 290 g/mol. The molecule has 4 heteroatoms. The van der Waals surface area contributed by atoms with Gasteiger partial charge in [0.15, 0.2) is 11.5 Å². The number of aliphatic carboxylic acids is 1. The van der Waals surface area contributed by atoms with Crippen molar-refractivity contribution >= 4 is 5.97 Å². The summed E-state index contributed by atoms with van der Waals surface area (Å²) in [6, 6.07) is 3.81. The molecule has 0 bridgehead atoms. The topological polar surface area (TPSA) is 55.8 Å². The molecule has 1 aliphatic carbocycles. The van der Waals surface area contributed by atoms with Crippen molar-refractivity contribution in [2.24, 2.45) is 0 Å². The minimum atomic E-state index is -0.765. The van der Waals surface area contributed by atoms with Crippen LogP contribution in [0, 0.1) is 0 Å². The summed E-state index contributed by atoms with van der Waals surface area (Å²) in [6.07, 6.45) is 4.48. The molecule has 0 spiro atoms. The number of carboxylic acids is 1. The molecule has 0 atom stereocenters. The number of rotatable bonds is 3. The Kier molecular flexibility index (Phi) is 3.56. The van der Waals surface area contributed by atoms with Crippen LogP contribution in [0.4, 0.5) is 0 Å². The van der Waals surface area contributed by atoms with E-state index in [4.69, 9.17) is 9.47 Å². The van der Waals surface area contributed by atoms with Crippen molar-refractivity contribution in [3.05, 3.63) is 23.3 Å². The molecule has 0 unspecified atom stereocenters. The molecular formula is C17H22O4. The summed E-state index contributed by atoms with van der Waals surface area (Å²) in [6.45, 7) is 4.39. The van der Waals surface area contributed by atoms with Crippen LogP contribution in [0.5, 0.6) is 11.5 Å². The second-order valence-electron chi connectivity index (χ2n) is 6.36. The van der Waals surface area contributed by atoms with Gasteiger partial charge in [-0.2, -0.15) is 0 Å². The van der Waals surface area contributed by atoms with Crippen LogP contribution in [0.15, 0.2) is 12.1 Å². The molecular weight excluding hydrogens is 268 g/mol. The lowest BCUT2D eigenvalue weighted by molar-refractivity contribution is -0.145. The standard InChI is InChI=1S/C17H22O4/c1-11(2)14-12(6-7-13-15(14)21-10-20-13)17(16(18)19)8-4-3-5-9-17/h6-7,11H,3-5,8-10H2,1-2H3,(H,18,19). The van der Waals surface area contributed by atoms with Crippen molar-refractivity contribution in [1.82, 2.24) is 0 Å². The van der Waals surface area contributed by atoms with E-state index < -0.39 is 11.4 Å². The van der Waals surface area contributed by atoms with Gasteiger partial charge in [-0.25, -0.2) is 0 Å². The lowest BCUT2D eigenvalue weighted by atomic mass is 9.67. The summed E-state index contributed by atoms with van der Waals surface area (Å²) in [4.78, 5) is 12.1. The lowest BCUT2D eigenvalue weighted by Gasteiger charge is -2.36. The minimum Gasteiger partial charge on any atom is -0.481 e. The fraction of sp³-hybridized carbons (Fsp3) is 0.588. The summed E-state index contributed by atoms with van der Waals surface area (Å²) in [5.74, 6) is 0.977. The van der Waals surface area contributed by atoms with E-state index >= 15 is 0 Å². The first-order valence-electron chi connectivity index (χ1n) is 7.72. The van der Waals surface area contributed by atoms with Gasteiger partial charge in [-0.3, -0.25) is 4.79 Å². The summed E-state index contributed by atoms with van der Waals surface area (Å²) < 4.78 is 11.1. The highest BCUT2D eigenvalue weighted by Gasteiger charge is 2.44. The number of ether oxygens (including phenoxy) is 2. The van der Waals surface area contributed by atoms with Crippen molar-refractivity contribution in [3.63, 3.8) is 0 Å². The molecule has 1 aliphatic heterocycles. The van der Waals surface area contributed by atoms with Crippen molar-refractivity contribution < 1.29 is 19.4 Å². The van der Waals surface area contributed by atoms with E-state index in [-0.39, 0.29) is 12.7 Å². The Morgan fingerprint density at radius 1 is 1.19 bits per heavy atom. The van der Waals surface area contributed by atoms with Crippen LogP contribution < -0.4 is 9.47 Å². The summed E-state index contributed by atoms with van der Waals surface area (Å²) in [5.41, 5.74) is 1.17. The Morgan fingerprint density at radius 3 is 2.52 bits per heavy atom. The summed E-state index contributed by atoms with van der Waals surface area (Å²) >= 11 is 0. The van der Waals surface area contributed by atoms with Crippen LogP contribution >= 0.6 is 0 Å². The molecule has 4 nitrogen and oxygen atoms in total. The molecule has 0 aromatic heterocycles. The molecule has 1 aromatic rings. The van der Waals surface area contributed by atoms with Gasteiger partial charge in [0, 0.05) is 5.56 Å². The maximum atomic E-state index is 12.1. The molecule has 1 aromatic carbocycles. The van der Waals surface area contributed by atoms with Crippen LogP contribution in [-0.2, 0) is 10.2 Å². The largest absolute Gasteiger partial charge is 0.481 e. The van der Waals surface area contributed by atoms with Gasteiger partial charge in [-0.1, -0.05) is 39.2 Å². The quantitative estimate of drug-likeness (QED) is 0.919. The van der Waals surface area contributed by atoms with Crippen molar-refractivity contribution in [2.75, 3.05) is 6.79 Å². The highest BCUT2D eigenvalue weighted by atomic mass is 16.7. The molecule has 3 rings (SSSR count). The highest BCUT2D eigenvalue weighted by molar-refractivity contribution is 5.83. The number of carboxylic acid groups (broad SMARTS) is 1. The van der Waals surface area contributed by atoms with Crippen LogP contribution in [0.25, 0.3) is 0 Å². The van der Waals surface area contributed by atoms with Gasteiger partial charge in [0.1, 0.15) is 0 Å². The molecule has 2 aliphatic rings. The van der Waals surface area contributed by atoms with Crippen molar-refractivity contribution in [2.45, 2.75) is 57.3 Å². The molecule has 0 saturated heterocycles. The van der Waals surface area contributed by atoms with Crippen LogP contribution in [-0.4, -0.2) is 17.9 Å². The first kappa shape index (κ1) is 14.2. The molecule has 114 valence electrons. The number of hydrogen-bond acceptors (Lipinski definition) is 3. The molecule has 0 amide bonds. The van der Waals surface area contributed by atoms with E-state index in [9.17, 15) is 9.90 Å². The first-order chi connectivity index (χ1) is 10.1. The fourth-order valence-electron chi connectivity index (χ4n) is 3.74. The van der Waals surface area contributed by atoms with E-state index in [1.807, 2.05) is 12.1 Å². The SMILES string of the molecule is CC(C)c1c(C2(C(=O)O)CCCCC2)ccc2c1OCO2. The predicted octanol–water partition coefficient (Wildman–Crippen LogP) is 3.83. The first-order valence-corrected chi connectivity index (χ1v) is 7.72. The smallest absolute Gasteiger partial charge is 0.314 e. The van der Waals surface area contributed by atoms with Crippen LogP contribution in [0.1, 0.15) is 63.0 Å². The van der Waals surface area contributed by atoms with Gasteiger partial charge in [-0.05, 0) is 30.4 Å². The summed E-state index contributed by atoms with van der Waals surface area (Å²) in [7, 11) is 0. The number of fused-ring (bicyclic) bond motifs is 1. The lowest BCUT2D eigenvalue weighted by Crippen LogP contribution is -2.38. The zero-order valence-electron chi connectivity index (χ0n) is 12.6. The Bertz CT molecular complexity index is 556. The Labute approximate surface area is 125 Å². The zero-order chi connectivity index (χ0) is 15.0. The Balaban J connectivity index is 2.18. The highest BCUT2D eigenvalue weighted by Crippen LogP contribution is 2.49. The van der Waals surface area contributed by atoms with E-state index in [2.05, 4.69) is 13.8 Å². The van der Waals surface area contributed by atoms with Gasteiger partial charge in [0.25, 0.3) is 0 Å². The fourth-order valence-corrected chi connectivity index (χ4v) is 3.74. The molecule has 21 heavy (non-hydrogen) atoms. The van der Waals surface area contributed by atoms with E-state index in [1.165, 1.54) is 0 Å². The van der Waals surface area contributed by atoms with Gasteiger partial charge < -0.3 is 14.6 Å². The van der Waals surface area contributed by atoms with Crippen molar-refractivity contribution in [1.29, 1.82) is 0 Å². The van der Waals surface area contributed by atoms with Gasteiger partial charge in [0.05, 0.1) is 5.41 Å². The van der Waals surface area contributed by atoms with E-state index in [0.717, 1.165) is 41.9 Å². The van der Waals surface area contributed by atoms with E-state index in [0.29, 0.717) is 12.8 Å². The molecule has 1 saturated carbocycles. The average molecular weight is 290 g/mol. The predicted molar refractivity (Wildman–Crippen MR) is 79.1 cm³/mol. The third-order valence-corrected chi connectivity index (χ3v) is 4.79. The average Bonchev–Trinajstić information content (AvgIpc) is 2.94. The van der Waals surface area contributed by atoms with Gasteiger partial charge in [-0.15, -0.1) is 0 Å². The number of hydrogen-bond donors (Lipinski definition) is 1. The second kappa shape index (κ2) is 5.24. The third-order valence-electron chi connectivity index (χ3n) is 4.79. The number of carbonyl (C=O) groups is 1. The van der Waals surface area contributed by atoms with Crippen LogP contribution in [0.3, 0.4) is 0 Å². The normalized spacial score (nSPS) is 19.8. The molecule has 1 N–H and O–H groups in total. The maximum absolute atomic E-state index is 12.1. The third kappa shape index (κ3) is 2.17. The molecule has 1 fully saturated rings. The Morgan fingerprint density at radius 2 is 1.90 bits per heavy atom. The number of benzene rings is 1. The van der Waals surface area contributed by atoms with Crippen molar-refractivity contribution in [3.8, 4) is 11.5 Å². The molecule has 0 radical (unpaired) electrons.